The minimum absolute atomic E-state index is 0.0654. The van der Waals surface area contributed by atoms with E-state index in [0.717, 1.165) is 16.6 Å². The first-order valence-corrected chi connectivity index (χ1v) is 7.24. The molecule has 0 spiro atoms. The molecule has 1 fully saturated rings. The molecule has 1 aromatic carbocycles. The predicted molar refractivity (Wildman–Crippen MR) is 74.0 cm³/mol. The smallest absolute Gasteiger partial charge is 0.104 e. The summed E-state index contributed by atoms with van der Waals surface area (Å²) >= 11 is 2.05. The molecule has 0 bridgehead atoms. The van der Waals surface area contributed by atoms with Gasteiger partial charge in [-0.1, -0.05) is 42.9 Å². The van der Waals surface area contributed by atoms with Gasteiger partial charge in [0, 0.05) is 16.6 Å². The zero-order valence-electron chi connectivity index (χ0n) is 9.98. The van der Waals surface area contributed by atoms with Crippen molar-refractivity contribution in [3.8, 4) is 11.8 Å². The maximum atomic E-state index is 8.74. The van der Waals surface area contributed by atoms with Gasteiger partial charge in [-0.25, -0.2) is 0 Å². The zero-order valence-corrected chi connectivity index (χ0v) is 10.8. The summed E-state index contributed by atoms with van der Waals surface area (Å²) in [6.07, 6.45) is 5.53. The Morgan fingerprint density at radius 1 is 1.24 bits per heavy atom. The van der Waals surface area contributed by atoms with Gasteiger partial charge >= 0.3 is 0 Å². The Bertz CT molecular complexity index is 410. The lowest BCUT2D eigenvalue weighted by Gasteiger charge is -2.09. The van der Waals surface area contributed by atoms with Crippen LogP contribution in [0.3, 0.4) is 0 Å². The van der Waals surface area contributed by atoms with Gasteiger partial charge in [-0.2, -0.15) is 11.8 Å². The second-order valence-electron chi connectivity index (χ2n) is 4.33. The van der Waals surface area contributed by atoms with Crippen molar-refractivity contribution in [3.63, 3.8) is 0 Å². The van der Waals surface area contributed by atoms with Crippen molar-refractivity contribution < 1.29 is 5.11 Å². The average Bonchev–Trinajstić information content (AvgIpc) is 2.88. The fourth-order valence-corrected chi connectivity index (χ4v) is 3.50. The fourth-order valence-electron chi connectivity index (χ4n) is 2.17. The lowest BCUT2D eigenvalue weighted by atomic mass is 10.1. The van der Waals surface area contributed by atoms with Crippen molar-refractivity contribution in [1.82, 2.24) is 0 Å². The third-order valence-electron chi connectivity index (χ3n) is 3.10. The molecule has 1 aliphatic carbocycles. The second-order valence-corrected chi connectivity index (χ2v) is 5.62. The summed E-state index contributed by atoms with van der Waals surface area (Å²) < 4.78 is 0. The van der Waals surface area contributed by atoms with E-state index in [1.54, 1.807) is 0 Å². The predicted octanol–water partition coefficient (Wildman–Crippen LogP) is 3.21. The standard InChI is InChI=1S/C15H18OS/c16-11-5-8-13-6-1-2-7-14(13)12-17-15-9-3-4-10-15/h1-2,6-7,15-16H,3-4,9-12H2. The summed E-state index contributed by atoms with van der Waals surface area (Å²) in [4.78, 5) is 0. The van der Waals surface area contributed by atoms with Crippen LogP contribution in [0.5, 0.6) is 0 Å². The minimum atomic E-state index is -0.0654. The molecule has 2 rings (SSSR count). The Labute approximate surface area is 108 Å². The Morgan fingerprint density at radius 3 is 2.76 bits per heavy atom. The lowest BCUT2D eigenvalue weighted by Crippen LogP contribution is -1.96. The van der Waals surface area contributed by atoms with Crippen LogP contribution < -0.4 is 0 Å². The van der Waals surface area contributed by atoms with Crippen molar-refractivity contribution in [2.75, 3.05) is 6.61 Å². The van der Waals surface area contributed by atoms with Crippen LogP contribution in [0.15, 0.2) is 24.3 Å². The van der Waals surface area contributed by atoms with Crippen LogP contribution in [0.1, 0.15) is 36.8 Å². The molecule has 0 unspecified atom stereocenters. The van der Waals surface area contributed by atoms with Gasteiger partial charge in [-0.15, -0.1) is 0 Å². The molecule has 2 heteroatoms. The molecule has 1 saturated carbocycles. The summed E-state index contributed by atoms with van der Waals surface area (Å²) in [7, 11) is 0. The van der Waals surface area contributed by atoms with E-state index in [1.165, 1.54) is 31.2 Å². The summed E-state index contributed by atoms with van der Waals surface area (Å²) in [5, 5.41) is 9.58. The third kappa shape index (κ3) is 3.80. The van der Waals surface area contributed by atoms with Gasteiger partial charge < -0.3 is 5.11 Å². The first-order chi connectivity index (χ1) is 8.40. The van der Waals surface area contributed by atoms with E-state index in [1.807, 2.05) is 12.1 Å². The van der Waals surface area contributed by atoms with Crippen LogP contribution in [-0.4, -0.2) is 17.0 Å². The fraction of sp³-hybridized carbons (Fsp3) is 0.467. The monoisotopic (exact) mass is 246 g/mol. The summed E-state index contributed by atoms with van der Waals surface area (Å²) in [6.45, 7) is -0.0654. The van der Waals surface area contributed by atoms with Crippen LogP contribution in [0, 0.1) is 11.8 Å². The maximum absolute atomic E-state index is 8.74. The number of aliphatic hydroxyl groups excluding tert-OH is 1. The largest absolute Gasteiger partial charge is 0.384 e. The lowest BCUT2D eigenvalue weighted by molar-refractivity contribution is 0.350. The quantitative estimate of drug-likeness (QED) is 0.826. The van der Waals surface area contributed by atoms with Crippen LogP contribution in [0.4, 0.5) is 0 Å². The Hall–Kier alpha value is -0.910. The number of thioether (sulfide) groups is 1. The van der Waals surface area contributed by atoms with Crippen molar-refractivity contribution in [2.24, 2.45) is 0 Å². The number of rotatable bonds is 3. The molecule has 0 radical (unpaired) electrons. The molecule has 0 heterocycles. The van der Waals surface area contributed by atoms with E-state index in [9.17, 15) is 0 Å². The highest BCUT2D eigenvalue weighted by atomic mass is 32.2. The first-order valence-electron chi connectivity index (χ1n) is 6.19. The minimum Gasteiger partial charge on any atom is -0.384 e. The molecule has 0 saturated heterocycles. The highest BCUT2D eigenvalue weighted by Gasteiger charge is 2.15. The number of aliphatic hydroxyl groups is 1. The molecule has 1 nitrogen and oxygen atoms in total. The molecule has 1 N–H and O–H groups in total. The van der Waals surface area contributed by atoms with Crippen LogP contribution in [0.25, 0.3) is 0 Å². The molecule has 0 amide bonds. The highest BCUT2D eigenvalue weighted by molar-refractivity contribution is 7.99. The summed E-state index contributed by atoms with van der Waals surface area (Å²) in [5.41, 5.74) is 2.36. The highest BCUT2D eigenvalue weighted by Crippen LogP contribution is 2.32. The number of benzene rings is 1. The van der Waals surface area contributed by atoms with E-state index in [-0.39, 0.29) is 6.61 Å². The first kappa shape index (κ1) is 12.5. The van der Waals surface area contributed by atoms with Gasteiger partial charge in [0.05, 0.1) is 0 Å². The molecule has 0 aromatic heterocycles. The molecular formula is C15H18OS. The maximum Gasteiger partial charge on any atom is 0.104 e. The van der Waals surface area contributed by atoms with Crippen molar-refractivity contribution in [2.45, 2.75) is 36.7 Å². The summed E-state index contributed by atoms with van der Waals surface area (Å²) in [5.74, 6) is 6.80. The molecule has 1 aromatic rings. The van der Waals surface area contributed by atoms with Gasteiger partial charge in [0.2, 0.25) is 0 Å². The van der Waals surface area contributed by atoms with Gasteiger partial charge in [0.15, 0.2) is 0 Å². The van der Waals surface area contributed by atoms with E-state index < -0.39 is 0 Å². The molecule has 0 aliphatic heterocycles. The Morgan fingerprint density at radius 2 is 2.00 bits per heavy atom. The molecule has 17 heavy (non-hydrogen) atoms. The summed E-state index contributed by atoms with van der Waals surface area (Å²) in [6, 6.07) is 8.25. The molecular weight excluding hydrogens is 228 g/mol. The van der Waals surface area contributed by atoms with E-state index in [4.69, 9.17) is 5.11 Å². The van der Waals surface area contributed by atoms with E-state index >= 15 is 0 Å². The SMILES string of the molecule is OCC#Cc1ccccc1CSC1CCCC1. The second kappa shape index (κ2) is 6.74. The number of hydrogen-bond acceptors (Lipinski definition) is 2. The topological polar surface area (TPSA) is 20.2 Å². The van der Waals surface area contributed by atoms with Crippen molar-refractivity contribution in [3.05, 3.63) is 35.4 Å². The van der Waals surface area contributed by atoms with Crippen molar-refractivity contribution >= 4 is 11.8 Å². The molecule has 1 aliphatic rings. The van der Waals surface area contributed by atoms with E-state index in [2.05, 4.69) is 35.7 Å². The van der Waals surface area contributed by atoms with Gasteiger partial charge in [-0.05, 0) is 24.5 Å². The Balaban J connectivity index is 1.98. The zero-order chi connectivity index (χ0) is 11.9. The third-order valence-corrected chi connectivity index (χ3v) is 4.52. The number of hydrogen-bond donors (Lipinski definition) is 1. The van der Waals surface area contributed by atoms with Crippen LogP contribution in [0.2, 0.25) is 0 Å². The van der Waals surface area contributed by atoms with E-state index in [0.29, 0.717) is 0 Å². The van der Waals surface area contributed by atoms with Gasteiger partial charge in [-0.3, -0.25) is 0 Å². The van der Waals surface area contributed by atoms with Gasteiger partial charge in [0.25, 0.3) is 0 Å². The van der Waals surface area contributed by atoms with Crippen LogP contribution in [-0.2, 0) is 5.75 Å². The average molecular weight is 246 g/mol. The van der Waals surface area contributed by atoms with Gasteiger partial charge in [0.1, 0.15) is 6.61 Å². The Kier molecular flexibility index (Phi) is 4.97. The van der Waals surface area contributed by atoms with Crippen molar-refractivity contribution in [1.29, 1.82) is 0 Å². The molecule has 0 atom stereocenters. The normalized spacial score (nSPS) is 15.6. The van der Waals surface area contributed by atoms with Crippen LogP contribution >= 0.6 is 11.8 Å². The molecule has 90 valence electrons.